The summed E-state index contributed by atoms with van der Waals surface area (Å²) in [6.45, 7) is 3.50. The lowest BCUT2D eigenvalue weighted by atomic mass is 10.1. The summed E-state index contributed by atoms with van der Waals surface area (Å²) in [5.41, 5.74) is 1.42. The molecule has 144 valence electrons. The van der Waals surface area contributed by atoms with Gasteiger partial charge in [-0.3, -0.25) is 0 Å². The van der Waals surface area contributed by atoms with Crippen LogP contribution in [0.5, 0.6) is 0 Å². The molecule has 0 bridgehead atoms. The van der Waals surface area contributed by atoms with E-state index in [1.165, 1.54) is 17.7 Å². The van der Waals surface area contributed by atoms with Crippen LogP contribution >= 0.6 is 0 Å². The van der Waals surface area contributed by atoms with Crippen LogP contribution in [-0.4, -0.2) is 37.1 Å². The van der Waals surface area contributed by atoms with Crippen LogP contribution in [0.3, 0.4) is 0 Å². The number of anilines is 2. The molecular formula is C20H22F3N3O. The highest BCUT2D eigenvalue weighted by Crippen LogP contribution is 2.36. The summed E-state index contributed by atoms with van der Waals surface area (Å²) < 4.78 is 39.6. The van der Waals surface area contributed by atoms with E-state index in [0.717, 1.165) is 12.5 Å². The maximum absolute atomic E-state index is 13.2. The number of piperazine rings is 1. The summed E-state index contributed by atoms with van der Waals surface area (Å²) in [4.78, 5) is 15.7. The fourth-order valence-corrected chi connectivity index (χ4v) is 3.17. The molecule has 0 unspecified atom stereocenters. The molecule has 0 spiro atoms. The summed E-state index contributed by atoms with van der Waals surface area (Å²) in [5, 5.41) is 2.84. The molecule has 2 aromatic rings. The molecule has 1 saturated heterocycles. The zero-order valence-corrected chi connectivity index (χ0v) is 15.1. The summed E-state index contributed by atoms with van der Waals surface area (Å²) in [7, 11) is 0. The van der Waals surface area contributed by atoms with Gasteiger partial charge in [-0.15, -0.1) is 0 Å². The Bertz CT molecular complexity index is 782. The lowest BCUT2D eigenvalue weighted by Crippen LogP contribution is -2.50. The fourth-order valence-electron chi connectivity index (χ4n) is 3.17. The number of nitrogens with zero attached hydrogens (tertiary/aromatic N) is 2. The van der Waals surface area contributed by atoms with Gasteiger partial charge in [-0.1, -0.05) is 31.2 Å². The number of rotatable bonds is 3. The number of para-hydroxylation sites is 1. The number of alkyl halides is 3. The minimum absolute atomic E-state index is 0.167. The Balaban J connectivity index is 1.61. The number of hydrogen-bond donors (Lipinski definition) is 1. The molecule has 3 rings (SSSR count). The first-order chi connectivity index (χ1) is 12.9. The van der Waals surface area contributed by atoms with E-state index in [1.807, 2.05) is 24.3 Å². The van der Waals surface area contributed by atoms with Gasteiger partial charge in [0.15, 0.2) is 0 Å². The van der Waals surface area contributed by atoms with E-state index >= 15 is 0 Å². The van der Waals surface area contributed by atoms with Crippen molar-refractivity contribution < 1.29 is 18.0 Å². The van der Waals surface area contributed by atoms with E-state index in [2.05, 4.69) is 12.2 Å². The molecular weight excluding hydrogens is 355 g/mol. The second kappa shape index (κ2) is 7.90. The van der Waals surface area contributed by atoms with Gasteiger partial charge in [-0.2, -0.15) is 13.2 Å². The monoisotopic (exact) mass is 377 g/mol. The van der Waals surface area contributed by atoms with Crippen LogP contribution in [0.25, 0.3) is 0 Å². The molecule has 0 atom stereocenters. The van der Waals surface area contributed by atoms with Crippen molar-refractivity contribution in [2.75, 3.05) is 36.4 Å². The topological polar surface area (TPSA) is 35.6 Å². The quantitative estimate of drug-likeness (QED) is 0.847. The number of benzene rings is 2. The summed E-state index contributed by atoms with van der Waals surface area (Å²) in [6, 6.07) is 13.0. The van der Waals surface area contributed by atoms with Gasteiger partial charge in [-0.25, -0.2) is 4.79 Å². The molecule has 1 aliphatic heterocycles. The third-order valence-corrected chi connectivity index (χ3v) is 4.73. The molecule has 1 fully saturated rings. The van der Waals surface area contributed by atoms with Crippen LogP contribution in [0.15, 0.2) is 48.5 Å². The van der Waals surface area contributed by atoms with Crippen molar-refractivity contribution in [2.24, 2.45) is 0 Å². The first-order valence-electron chi connectivity index (χ1n) is 8.94. The van der Waals surface area contributed by atoms with E-state index in [1.54, 1.807) is 15.9 Å². The molecule has 2 amide bonds. The van der Waals surface area contributed by atoms with Gasteiger partial charge in [0, 0.05) is 37.6 Å². The number of amides is 2. The number of carbonyl (C=O) groups excluding carboxylic acids is 1. The maximum atomic E-state index is 13.2. The molecule has 0 radical (unpaired) electrons. The summed E-state index contributed by atoms with van der Waals surface area (Å²) in [6.07, 6.45) is -3.47. The molecule has 1 N–H and O–H groups in total. The molecule has 0 aromatic heterocycles. The largest absolute Gasteiger partial charge is 0.418 e. The number of nitrogens with one attached hydrogen (secondary N) is 1. The average Bonchev–Trinajstić information content (AvgIpc) is 2.68. The summed E-state index contributed by atoms with van der Waals surface area (Å²) in [5.74, 6) is 0. The minimum atomic E-state index is -4.39. The van der Waals surface area contributed by atoms with Crippen molar-refractivity contribution in [3.8, 4) is 0 Å². The number of urea groups is 1. The van der Waals surface area contributed by atoms with Crippen molar-refractivity contribution >= 4 is 17.4 Å². The molecule has 1 aliphatic rings. The van der Waals surface area contributed by atoms with Gasteiger partial charge in [0.2, 0.25) is 0 Å². The lowest BCUT2D eigenvalue weighted by molar-refractivity contribution is -0.137. The van der Waals surface area contributed by atoms with Gasteiger partial charge < -0.3 is 15.1 Å². The molecule has 1 heterocycles. The molecule has 27 heavy (non-hydrogen) atoms. The van der Waals surface area contributed by atoms with Crippen LogP contribution in [0.2, 0.25) is 0 Å². The van der Waals surface area contributed by atoms with Crippen molar-refractivity contribution in [2.45, 2.75) is 19.5 Å². The van der Waals surface area contributed by atoms with Gasteiger partial charge in [0.05, 0.1) is 5.56 Å². The van der Waals surface area contributed by atoms with E-state index in [-0.39, 0.29) is 11.7 Å². The highest BCUT2D eigenvalue weighted by molar-refractivity contribution is 5.89. The first kappa shape index (κ1) is 19.1. The molecule has 4 nitrogen and oxygen atoms in total. The predicted octanol–water partition coefficient (Wildman–Crippen LogP) is 4.62. The van der Waals surface area contributed by atoms with Crippen molar-refractivity contribution in [3.05, 3.63) is 59.7 Å². The fraction of sp³-hybridized carbons (Fsp3) is 0.350. The number of hydrogen-bond acceptors (Lipinski definition) is 2. The van der Waals surface area contributed by atoms with Crippen LogP contribution in [0.4, 0.5) is 29.3 Å². The average molecular weight is 377 g/mol. The number of halogens is 3. The minimum Gasteiger partial charge on any atom is -0.367 e. The van der Waals surface area contributed by atoms with Crippen molar-refractivity contribution in [1.82, 2.24) is 4.90 Å². The van der Waals surface area contributed by atoms with Gasteiger partial charge >= 0.3 is 12.2 Å². The van der Waals surface area contributed by atoms with E-state index in [9.17, 15) is 18.0 Å². The Kier molecular flexibility index (Phi) is 5.58. The van der Waals surface area contributed by atoms with Crippen LogP contribution in [0.1, 0.15) is 18.1 Å². The van der Waals surface area contributed by atoms with E-state index in [4.69, 9.17) is 0 Å². The Morgan fingerprint density at radius 2 is 1.63 bits per heavy atom. The van der Waals surface area contributed by atoms with E-state index in [0.29, 0.717) is 31.9 Å². The standard InChI is InChI=1S/C20H22F3N3O/c1-2-15-7-9-16(10-8-15)24-19(27)26-13-11-25(12-14-26)18-6-4-3-5-17(18)20(21,22)23/h3-10H,2,11-14H2,1H3,(H,24,27). The van der Waals surface area contributed by atoms with Crippen LogP contribution in [-0.2, 0) is 12.6 Å². The van der Waals surface area contributed by atoms with Crippen LogP contribution in [0, 0.1) is 0 Å². The molecule has 7 heteroatoms. The zero-order chi connectivity index (χ0) is 19.4. The smallest absolute Gasteiger partial charge is 0.367 e. The molecule has 0 saturated carbocycles. The predicted molar refractivity (Wildman–Crippen MR) is 100 cm³/mol. The lowest BCUT2D eigenvalue weighted by Gasteiger charge is -2.37. The Morgan fingerprint density at radius 3 is 2.22 bits per heavy atom. The highest BCUT2D eigenvalue weighted by Gasteiger charge is 2.35. The van der Waals surface area contributed by atoms with Crippen molar-refractivity contribution in [1.29, 1.82) is 0 Å². The third kappa shape index (κ3) is 4.53. The second-order valence-electron chi connectivity index (χ2n) is 6.47. The van der Waals surface area contributed by atoms with Gasteiger partial charge in [0.1, 0.15) is 0 Å². The van der Waals surface area contributed by atoms with Crippen molar-refractivity contribution in [3.63, 3.8) is 0 Å². The van der Waals surface area contributed by atoms with Gasteiger partial charge in [-0.05, 0) is 36.2 Å². The van der Waals surface area contributed by atoms with E-state index < -0.39 is 11.7 Å². The number of carbonyl (C=O) groups is 1. The van der Waals surface area contributed by atoms with Gasteiger partial charge in [0.25, 0.3) is 0 Å². The molecule has 2 aromatic carbocycles. The Labute approximate surface area is 156 Å². The molecule has 0 aliphatic carbocycles. The highest BCUT2D eigenvalue weighted by atomic mass is 19.4. The third-order valence-electron chi connectivity index (χ3n) is 4.73. The normalized spacial score (nSPS) is 15.0. The first-order valence-corrected chi connectivity index (χ1v) is 8.94. The maximum Gasteiger partial charge on any atom is 0.418 e. The van der Waals surface area contributed by atoms with Crippen LogP contribution < -0.4 is 10.2 Å². The SMILES string of the molecule is CCc1ccc(NC(=O)N2CCN(c3ccccc3C(F)(F)F)CC2)cc1. The zero-order valence-electron chi connectivity index (χ0n) is 15.1. The Hall–Kier alpha value is -2.70. The summed E-state index contributed by atoms with van der Waals surface area (Å²) >= 11 is 0. The number of aryl methyl sites for hydroxylation is 1. The second-order valence-corrected chi connectivity index (χ2v) is 6.47. The Morgan fingerprint density at radius 1 is 1.00 bits per heavy atom.